The highest BCUT2D eigenvalue weighted by Crippen LogP contribution is 2.39. The van der Waals surface area contributed by atoms with Gasteiger partial charge in [0.2, 0.25) is 7.37 Å². The summed E-state index contributed by atoms with van der Waals surface area (Å²) in [6.45, 7) is 0.118. The van der Waals surface area contributed by atoms with Crippen LogP contribution in [0.2, 0.25) is 0 Å². The minimum atomic E-state index is -3.25. The Morgan fingerprint density at radius 2 is 2.00 bits per heavy atom. The number of aliphatic carboxylic acids is 1. The molecule has 0 saturated carbocycles. The number of carbonyl (C=O) groups is 1. The predicted molar refractivity (Wildman–Crippen MR) is 40.9 cm³/mol. The monoisotopic (exact) mass is 181 g/mol. The van der Waals surface area contributed by atoms with Crippen molar-refractivity contribution < 1.29 is 19.4 Å². The molecule has 66 valence electrons. The first kappa shape index (κ1) is 10.6. The van der Waals surface area contributed by atoms with Crippen LogP contribution in [0.15, 0.2) is 0 Å². The second kappa shape index (κ2) is 4.49. The fourth-order valence-electron chi connectivity index (χ4n) is 0.584. The molecule has 0 radical (unpaired) electrons. The van der Waals surface area contributed by atoms with Crippen molar-refractivity contribution in [3.05, 3.63) is 0 Å². The SMILES string of the molecule is NCCP(=O)(O)CCC(=O)O. The van der Waals surface area contributed by atoms with Gasteiger partial charge in [0.1, 0.15) is 0 Å². The zero-order valence-electron chi connectivity index (χ0n) is 6.06. The van der Waals surface area contributed by atoms with Gasteiger partial charge in [0.15, 0.2) is 0 Å². The van der Waals surface area contributed by atoms with Gasteiger partial charge in [0.25, 0.3) is 0 Å². The molecule has 11 heavy (non-hydrogen) atoms. The van der Waals surface area contributed by atoms with Gasteiger partial charge >= 0.3 is 5.97 Å². The first-order valence-corrected chi connectivity index (χ1v) is 5.23. The Labute approximate surface area is 64.7 Å². The van der Waals surface area contributed by atoms with E-state index in [2.05, 4.69) is 0 Å². The molecule has 0 amide bonds. The molecule has 6 heteroatoms. The van der Waals surface area contributed by atoms with Gasteiger partial charge in [-0.25, -0.2) is 0 Å². The molecule has 0 spiro atoms. The average molecular weight is 181 g/mol. The Hall–Kier alpha value is -0.380. The van der Waals surface area contributed by atoms with Crippen molar-refractivity contribution in [2.45, 2.75) is 6.42 Å². The van der Waals surface area contributed by atoms with Crippen LogP contribution in [0.3, 0.4) is 0 Å². The highest BCUT2D eigenvalue weighted by Gasteiger charge is 2.17. The van der Waals surface area contributed by atoms with Gasteiger partial charge in [-0.05, 0) is 0 Å². The van der Waals surface area contributed by atoms with Crippen LogP contribution in [0, 0.1) is 0 Å². The standard InChI is InChI=1S/C5H12NO4P/c6-2-4-11(9,10)3-1-5(7)8/h1-4,6H2,(H,7,8)(H,9,10). The summed E-state index contributed by atoms with van der Waals surface area (Å²) in [4.78, 5) is 19.0. The Morgan fingerprint density at radius 1 is 1.45 bits per heavy atom. The summed E-state index contributed by atoms with van der Waals surface area (Å²) in [5.41, 5.74) is 5.04. The molecule has 0 aliphatic heterocycles. The zero-order valence-corrected chi connectivity index (χ0v) is 6.96. The Morgan fingerprint density at radius 3 is 2.36 bits per heavy atom. The van der Waals surface area contributed by atoms with E-state index < -0.39 is 13.3 Å². The lowest BCUT2D eigenvalue weighted by Crippen LogP contribution is -2.09. The number of carboxylic acids is 1. The van der Waals surface area contributed by atoms with Gasteiger partial charge in [-0.15, -0.1) is 0 Å². The zero-order chi connectivity index (χ0) is 8.91. The number of hydrogen-bond donors (Lipinski definition) is 3. The largest absolute Gasteiger partial charge is 0.481 e. The minimum absolute atomic E-state index is 0.000278. The molecule has 1 atom stereocenters. The highest BCUT2D eigenvalue weighted by molar-refractivity contribution is 7.58. The first-order valence-electron chi connectivity index (χ1n) is 3.20. The van der Waals surface area contributed by atoms with Gasteiger partial charge in [0.05, 0.1) is 6.42 Å². The molecule has 0 rings (SSSR count). The van der Waals surface area contributed by atoms with E-state index in [1.807, 2.05) is 0 Å². The molecular formula is C5H12NO4P. The maximum Gasteiger partial charge on any atom is 0.303 e. The molecule has 0 aromatic carbocycles. The Balaban J connectivity index is 3.73. The summed E-state index contributed by atoms with van der Waals surface area (Å²) < 4.78 is 10.9. The van der Waals surface area contributed by atoms with E-state index in [0.717, 1.165) is 0 Å². The van der Waals surface area contributed by atoms with Crippen molar-refractivity contribution in [3.63, 3.8) is 0 Å². The smallest absolute Gasteiger partial charge is 0.303 e. The molecule has 0 aliphatic rings. The van der Waals surface area contributed by atoms with Crippen LogP contribution >= 0.6 is 7.37 Å². The second-order valence-corrected chi connectivity index (χ2v) is 4.81. The summed E-state index contributed by atoms with van der Waals surface area (Å²) >= 11 is 0. The van der Waals surface area contributed by atoms with E-state index in [1.165, 1.54) is 0 Å². The fraction of sp³-hybridized carbons (Fsp3) is 0.800. The summed E-state index contributed by atoms with van der Waals surface area (Å²) in [6, 6.07) is 0. The van der Waals surface area contributed by atoms with Crippen LogP contribution in [-0.2, 0) is 9.36 Å². The third-order valence-corrected chi connectivity index (χ3v) is 3.03. The molecule has 0 aromatic heterocycles. The number of rotatable bonds is 5. The Bertz CT molecular complexity index is 181. The highest BCUT2D eigenvalue weighted by atomic mass is 31.2. The molecule has 0 heterocycles. The van der Waals surface area contributed by atoms with Crippen LogP contribution in [0.25, 0.3) is 0 Å². The predicted octanol–water partition coefficient (Wildman–Crippen LogP) is -0.310. The molecule has 5 nitrogen and oxygen atoms in total. The normalized spacial score (nSPS) is 15.8. The summed E-state index contributed by atoms with van der Waals surface area (Å²) in [5, 5.41) is 8.18. The minimum Gasteiger partial charge on any atom is -0.481 e. The molecule has 4 N–H and O–H groups in total. The summed E-state index contributed by atoms with van der Waals surface area (Å²) in [7, 11) is -3.25. The van der Waals surface area contributed by atoms with E-state index in [9.17, 15) is 9.36 Å². The van der Waals surface area contributed by atoms with Crippen molar-refractivity contribution >= 4 is 13.3 Å². The maximum atomic E-state index is 10.9. The first-order chi connectivity index (χ1) is 4.98. The van der Waals surface area contributed by atoms with Crippen molar-refractivity contribution in [1.82, 2.24) is 0 Å². The average Bonchev–Trinajstić information content (AvgIpc) is 1.84. The quantitative estimate of drug-likeness (QED) is 0.505. The van der Waals surface area contributed by atoms with E-state index >= 15 is 0 Å². The van der Waals surface area contributed by atoms with Gasteiger partial charge < -0.3 is 15.7 Å². The number of hydrogen-bond acceptors (Lipinski definition) is 3. The maximum absolute atomic E-state index is 10.9. The van der Waals surface area contributed by atoms with Gasteiger partial charge in [-0.1, -0.05) is 0 Å². The lowest BCUT2D eigenvalue weighted by molar-refractivity contribution is -0.136. The summed E-state index contributed by atoms with van der Waals surface area (Å²) in [5.74, 6) is -1.06. The van der Waals surface area contributed by atoms with Crippen molar-refractivity contribution in [2.75, 3.05) is 18.9 Å². The molecule has 1 unspecified atom stereocenters. The third kappa shape index (κ3) is 6.04. The molecule has 0 aliphatic carbocycles. The number of carboxylic acid groups (broad SMARTS) is 1. The van der Waals surface area contributed by atoms with Crippen molar-refractivity contribution in [1.29, 1.82) is 0 Å². The molecular weight excluding hydrogens is 169 g/mol. The van der Waals surface area contributed by atoms with E-state index in [-0.39, 0.29) is 25.3 Å². The molecule has 0 aromatic rings. The van der Waals surface area contributed by atoms with E-state index in [0.29, 0.717) is 0 Å². The third-order valence-electron chi connectivity index (χ3n) is 1.15. The molecule has 0 fully saturated rings. The summed E-state index contributed by atoms with van der Waals surface area (Å²) in [6.07, 6.45) is -0.451. The topological polar surface area (TPSA) is 101 Å². The van der Waals surface area contributed by atoms with Crippen molar-refractivity contribution in [3.8, 4) is 0 Å². The van der Waals surface area contributed by atoms with E-state index in [4.69, 9.17) is 15.7 Å². The lowest BCUT2D eigenvalue weighted by Gasteiger charge is -2.07. The van der Waals surface area contributed by atoms with Crippen LogP contribution in [0.4, 0.5) is 0 Å². The van der Waals surface area contributed by atoms with Crippen LogP contribution in [-0.4, -0.2) is 34.8 Å². The second-order valence-electron chi connectivity index (χ2n) is 2.23. The Kier molecular flexibility index (Phi) is 4.33. The molecule has 0 saturated heterocycles. The van der Waals surface area contributed by atoms with Crippen LogP contribution in [0.1, 0.15) is 6.42 Å². The van der Waals surface area contributed by atoms with Crippen LogP contribution in [0.5, 0.6) is 0 Å². The van der Waals surface area contributed by atoms with E-state index in [1.54, 1.807) is 0 Å². The van der Waals surface area contributed by atoms with Crippen LogP contribution < -0.4 is 5.73 Å². The van der Waals surface area contributed by atoms with Crippen molar-refractivity contribution in [2.24, 2.45) is 5.73 Å². The number of nitrogens with two attached hydrogens (primary N) is 1. The van der Waals surface area contributed by atoms with Gasteiger partial charge in [-0.3, -0.25) is 9.36 Å². The molecule has 0 bridgehead atoms. The van der Waals surface area contributed by atoms with Gasteiger partial charge in [-0.2, -0.15) is 0 Å². The van der Waals surface area contributed by atoms with Gasteiger partial charge in [0, 0.05) is 18.9 Å². The fourth-order valence-corrected chi connectivity index (χ4v) is 1.75. The lowest BCUT2D eigenvalue weighted by atomic mass is 10.5.